The predicted molar refractivity (Wildman–Crippen MR) is 87.9 cm³/mol. The highest BCUT2D eigenvalue weighted by Gasteiger charge is 2.30. The van der Waals surface area contributed by atoms with Gasteiger partial charge >= 0.3 is 0 Å². The van der Waals surface area contributed by atoms with Crippen LogP contribution in [-0.2, 0) is 9.53 Å². The molecule has 2 fully saturated rings. The number of carbonyl (C=O) groups excluding carboxylic acids is 1. The molecule has 2 aromatic heterocycles. The number of aryl methyl sites for hydroxylation is 1. The van der Waals surface area contributed by atoms with Crippen LogP contribution < -0.4 is 4.90 Å². The van der Waals surface area contributed by atoms with Gasteiger partial charge in [0.05, 0.1) is 13.2 Å². The largest absolute Gasteiger partial charge is 0.378 e. The molecular weight excluding hydrogens is 308 g/mol. The van der Waals surface area contributed by atoms with E-state index in [0.717, 1.165) is 50.5 Å². The average Bonchev–Trinajstić information content (AvgIpc) is 3.09. The Kier molecular flexibility index (Phi) is 4.05. The fourth-order valence-electron chi connectivity index (χ4n) is 3.53. The standard InChI is InChI=1S/C16H22N6O2/c1-12-10-14(22-16(19-12)17-11-18-22)20-4-2-13(3-5-20)15(23)21-6-8-24-9-7-21/h10-11,13H,2-9H2,1H3. The maximum absolute atomic E-state index is 12.6. The Labute approximate surface area is 140 Å². The number of fused-ring (bicyclic) bond motifs is 1. The highest BCUT2D eigenvalue weighted by atomic mass is 16.5. The van der Waals surface area contributed by atoms with Gasteiger partial charge in [-0.25, -0.2) is 4.98 Å². The van der Waals surface area contributed by atoms with Crippen molar-refractivity contribution in [3.8, 4) is 0 Å². The summed E-state index contributed by atoms with van der Waals surface area (Å²) < 4.78 is 7.11. The number of hydrogen-bond donors (Lipinski definition) is 0. The minimum atomic E-state index is 0.119. The molecule has 8 nitrogen and oxygen atoms in total. The number of aromatic nitrogens is 4. The first kappa shape index (κ1) is 15.3. The summed E-state index contributed by atoms with van der Waals surface area (Å²) >= 11 is 0. The minimum Gasteiger partial charge on any atom is -0.378 e. The normalized spacial score (nSPS) is 19.9. The first-order valence-corrected chi connectivity index (χ1v) is 8.51. The van der Waals surface area contributed by atoms with Crippen LogP contribution >= 0.6 is 0 Å². The van der Waals surface area contributed by atoms with Crippen molar-refractivity contribution in [2.45, 2.75) is 19.8 Å². The number of rotatable bonds is 2. The van der Waals surface area contributed by atoms with Crippen molar-refractivity contribution in [3.05, 3.63) is 18.1 Å². The van der Waals surface area contributed by atoms with E-state index in [4.69, 9.17) is 4.74 Å². The van der Waals surface area contributed by atoms with E-state index in [1.54, 1.807) is 4.52 Å². The number of ether oxygens (including phenoxy) is 1. The van der Waals surface area contributed by atoms with Gasteiger partial charge in [0.15, 0.2) is 0 Å². The Morgan fingerprint density at radius 1 is 1.21 bits per heavy atom. The Bertz CT molecular complexity index is 731. The molecule has 2 aliphatic heterocycles. The van der Waals surface area contributed by atoms with Crippen molar-refractivity contribution in [3.63, 3.8) is 0 Å². The molecule has 0 aliphatic carbocycles. The summed E-state index contributed by atoms with van der Waals surface area (Å²) in [5, 5.41) is 4.27. The highest BCUT2D eigenvalue weighted by Crippen LogP contribution is 2.25. The van der Waals surface area contributed by atoms with Gasteiger partial charge in [0, 0.05) is 43.9 Å². The molecule has 0 saturated carbocycles. The molecule has 0 atom stereocenters. The quantitative estimate of drug-likeness (QED) is 0.798. The van der Waals surface area contributed by atoms with Gasteiger partial charge in [-0.3, -0.25) is 4.79 Å². The number of anilines is 1. The lowest BCUT2D eigenvalue weighted by Gasteiger charge is -2.36. The van der Waals surface area contributed by atoms with Crippen molar-refractivity contribution in [2.24, 2.45) is 5.92 Å². The smallest absolute Gasteiger partial charge is 0.254 e. The van der Waals surface area contributed by atoms with E-state index in [-0.39, 0.29) is 11.8 Å². The number of morpholine rings is 1. The van der Waals surface area contributed by atoms with E-state index in [1.165, 1.54) is 6.33 Å². The second kappa shape index (κ2) is 6.35. The molecule has 0 spiro atoms. The summed E-state index contributed by atoms with van der Waals surface area (Å²) in [7, 11) is 0. The second-order valence-electron chi connectivity index (χ2n) is 6.43. The molecule has 0 aromatic carbocycles. The molecule has 0 bridgehead atoms. The lowest BCUT2D eigenvalue weighted by atomic mass is 9.95. The van der Waals surface area contributed by atoms with E-state index in [1.807, 2.05) is 17.9 Å². The Hall–Kier alpha value is -2.22. The van der Waals surface area contributed by atoms with Gasteiger partial charge < -0.3 is 14.5 Å². The molecule has 2 aromatic rings. The molecule has 8 heteroatoms. The molecule has 0 unspecified atom stereocenters. The first-order valence-electron chi connectivity index (χ1n) is 8.51. The third kappa shape index (κ3) is 2.82. The fraction of sp³-hybridized carbons (Fsp3) is 0.625. The van der Waals surface area contributed by atoms with E-state index in [9.17, 15) is 4.79 Å². The van der Waals surface area contributed by atoms with Gasteiger partial charge in [0.25, 0.3) is 5.78 Å². The van der Waals surface area contributed by atoms with Crippen LogP contribution in [0.5, 0.6) is 0 Å². The van der Waals surface area contributed by atoms with Gasteiger partial charge in [0.1, 0.15) is 12.1 Å². The number of piperidine rings is 1. The summed E-state index contributed by atoms with van der Waals surface area (Å²) in [5.41, 5.74) is 0.928. The van der Waals surface area contributed by atoms with Crippen LogP contribution in [-0.4, -0.2) is 69.8 Å². The molecule has 24 heavy (non-hydrogen) atoms. The van der Waals surface area contributed by atoms with Crippen molar-refractivity contribution in [1.29, 1.82) is 0 Å². The molecule has 128 valence electrons. The summed E-state index contributed by atoms with van der Waals surface area (Å²) in [6, 6.07) is 2.03. The van der Waals surface area contributed by atoms with Crippen molar-refractivity contribution in [1.82, 2.24) is 24.5 Å². The summed E-state index contributed by atoms with van der Waals surface area (Å²) in [6.07, 6.45) is 3.27. The predicted octanol–water partition coefficient (Wildman–Crippen LogP) is 0.508. The van der Waals surface area contributed by atoms with E-state index >= 15 is 0 Å². The van der Waals surface area contributed by atoms with Crippen LogP contribution in [0, 0.1) is 12.8 Å². The third-order valence-electron chi connectivity index (χ3n) is 4.85. The zero-order valence-corrected chi connectivity index (χ0v) is 13.9. The zero-order chi connectivity index (χ0) is 16.5. The fourth-order valence-corrected chi connectivity index (χ4v) is 3.53. The van der Waals surface area contributed by atoms with E-state index in [0.29, 0.717) is 19.0 Å². The average molecular weight is 330 g/mol. The van der Waals surface area contributed by atoms with Crippen LogP contribution in [0.4, 0.5) is 5.82 Å². The van der Waals surface area contributed by atoms with Gasteiger partial charge in [0.2, 0.25) is 5.91 Å². The number of amides is 1. The van der Waals surface area contributed by atoms with Gasteiger partial charge in [-0.2, -0.15) is 14.6 Å². The lowest BCUT2D eigenvalue weighted by molar-refractivity contribution is -0.140. The molecule has 4 rings (SSSR count). The van der Waals surface area contributed by atoms with Crippen molar-refractivity contribution < 1.29 is 9.53 Å². The monoisotopic (exact) mass is 330 g/mol. The van der Waals surface area contributed by atoms with E-state index < -0.39 is 0 Å². The van der Waals surface area contributed by atoms with Crippen LogP contribution in [0.3, 0.4) is 0 Å². The molecule has 2 aliphatic rings. The number of carbonyl (C=O) groups is 1. The molecule has 4 heterocycles. The van der Waals surface area contributed by atoms with Crippen molar-refractivity contribution in [2.75, 3.05) is 44.3 Å². The third-order valence-corrected chi connectivity index (χ3v) is 4.85. The van der Waals surface area contributed by atoms with Gasteiger partial charge in [-0.15, -0.1) is 0 Å². The molecule has 2 saturated heterocycles. The Morgan fingerprint density at radius 2 is 1.96 bits per heavy atom. The highest BCUT2D eigenvalue weighted by molar-refractivity contribution is 5.79. The lowest BCUT2D eigenvalue weighted by Crippen LogP contribution is -2.47. The molecule has 0 radical (unpaired) electrons. The maximum Gasteiger partial charge on any atom is 0.254 e. The van der Waals surface area contributed by atoms with Crippen LogP contribution in [0.1, 0.15) is 18.5 Å². The summed E-state index contributed by atoms with van der Waals surface area (Å²) in [4.78, 5) is 25.4. The molecule has 1 amide bonds. The van der Waals surface area contributed by atoms with Crippen molar-refractivity contribution >= 4 is 17.5 Å². The number of nitrogens with zero attached hydrogens (tertiary/aromatic N) is 6. The zero-order valence-electron chi connectivity index (χ0n) is 13.9. The minimum absolute atomic E-state index is 0.119. The van der Waals surface area contributed by atoms with Crippen LogP contribution in [0.15, 0.2) is 12.4 Å². The number of hydrogen-bond acceptors (Lipinski definition) is 6. The van der Waals surface area contributed by atoms with E-state index in [2.05, 4.69) is 20.0 Å². The molecule has 0 N–H and O–H groups in total. The Morgan fingerprint density at radius 3 is 2.71 bits per heavy atom. The molecular formula is C16H22N6O2. The Balaban J connectivity index is 1.45. The van der Waals surface area contributed by atoms with Crippen LogP contribution in [0.25, 0.3) is 5.78 Å². The van der Waals surface area contributed by atoms with Crippen LogP contribution in [0.2, 0.25) is 0 Å². The summed E-state index contributed by atoms with van der Waals surface area (Å²) in [5.74, 6) is 2.03. The maximum atomic E-state index is 12.6. The summed E-state index contributed by atoms with van der Waals surface area (Å²) in [6.45, 7) is 6.42. The van der Waals surface area contributed by atoms with Gasteiger partial charge in [-0.1, -0.05) is 0 Å². The first-order chi connectivity index (χ1) is 11.7. The topological polar surface area (TPSA) is 75.9 Å². The SMILES string of the molecule is Cc1cc(N2CCC(C(=O)N3CCOCC3)CC2)n2ncnc2n1. The van der Waals surface area contributed by atoms with Gasteiger partial charge in [-0.05, 0) is 19.8 Å². The second-order valence-corrected chi connectivity index (χ2v) is 6.43.